The summed E-state index contributed by atoms with van der Waals surface area (Å²) in [4.78, 5) is 0. The molecule has 82 valence electrons. The van der Waals surface area contributed by atoms with Crippen molar-refractivity contribution in [3.8, 4) is 5.75 Å². The zero-order chi connectivity index (χ0) is 11.7. The van der Waals surface area contributed by atoms with Crippen molar-refractivity contribution in [2.75, 3.05) is 0 Å². The number of aryl methyl sites for hydroxylation is 2. The van der Waals surface area contributed by atoms with Crippen LogP contribution in [0.15, 0.2) is 42.5 Å². The van der Waals surface area contributed by atoms with E-state index in [1.54, 1.807) is 6.07 Å². The van der Waals surface area contributed by atoms with Gasteiger partial charge in [-0.1, -0.05) is 42.0 Å². The second-order valence-electron chi connectivity index (χ2n) is 3.34. The number of phenolic OH excluding ortho intramolecular Hbond substituents is 1. The normalized spacial score (nSPS) is 10.4. The molecule has 0 aliphatic heterocycles. The molecule has 1 nitrogen and oxygen atoms in total. The van der Waals surface area contributed by atoms with E-state index in [1.807, 2.05) is 64.1 Å². The Balaban J connectivity index is 0.000000288. The first-order chi connectivity index (χ1) is 7.11. The van der Waals surface area contributed by atoms with E-state index in [2.05, 4.69) is 0 Å². The molecule has 0 saturated carbocycles. The summed E-state index contributed by atoms with van der Waals surface area (Å²) >= 11 is 0. The lowest BCUT2D eigenvalue weighted by molar-refractivity contribution is 0.471. The van der Waals surface area contributed by atoms with Crippen molar-refractivity contribution in [3.05, 3.63) is 53.6 Å². The van der Waals surface area contributed by atoms with Gasteiger partial charge in [0.2, 0.25) is 0 Å². The van der Waals surface area contributed by atoms with Gasteiger partial charge < -0.3 is 5.11 Å². The largest absolute Gasteiger partial charge is 0.508 e. The molecule has 0 atom stereocenters. The summed E-state index contributed by atoms with van der Waals surface area (Å²) in [7, 11) is 0. The molecule has 0 heterocycles. The van der Waals surface area contributed by atoms with Gasteiger partial charge in [-0.3, -0.25) is 0 Å². The van der Waals surface area contributed by atoms with E-state index in [4.69, 9.17) is 5.11 Å². The smallest absolute Gasteiger partial charge is 0.118 e. The first-order valence-corrected chi connectivity index (χ1v) is 5.12. The van der Waals surface area contributed by atoms with E-state index in [0.717, 1.165) is 5.56 Å². The van der Waals surface area contributed by atoms with Crippen LogP contribution in [0.4, 0.5) is 0 Å². The molecular formula is C14H20O. The maximum Gasteiger partial charge on any atom is 0.118 e. The molecule has 0 unspecified atom stereocenters. The molecule has 1 rings (SSSR count). The average Bonchev–Trinajstić information content (AvgIpc) is 2.22. The van der Waals surface area contributed by atoms with Crippen molar-refractivity contribution >= 4 is 0 Å². The maximum atomic E-state index is 9.04. The van der Waals surface area contributed by atoms with Crippen LogP contribution in [0.2, 0.25) is 0 Å². The fourth-order valence-electron chi connectivity index (χ4n) is 1.03. The molecule has 0 aliphatic carbocycles. The molecule has 0 bridgehead atoms. The van der Waals surface area contributed by atoms with Crippen LogP contribution in [0, 0.1) is 13.8 Å². The Bertz CT molecular complexity index is 325. The number of allylic oxidation sites excluding steroid dienone is 4. The van der Waals surface area contributed by atoms with E-state index in [0.29, 0.717) is 5.75 Å². The molecule has 1 aromatic carbocycles. The lowest BCUT2D eigenvalue weighted by Gasteiger charge is -1.97. The fraction of sp³-hybridized carbons (Fsp3) is 0.286. The summed E-state index contributed by atoms with van der Waals surface area (Å²) < 4.78 is 0. The van der Waals surface area contributed by atoms with Gasteiger partial charge in [-0.15, -0.1) is 0 Å². The minimum atomic E-state index is 0.376. The Morgan fingerprint density at radius 1 is 1.00 bits per heavy atom. The molecule has 15 heavy (non-hydrogen) atoms. The second-order valence-corrected chi connectivity index (χ2v) is 3.34. The third-order valence-corrected chi connectivity index (χ3v) is 1.85. The molecule has 1 N–H and O–H groups in total. The van der Waals surface area contributed by atoms with Crippen LogP contribution in [0.25, 0.3) is 0 Å². The molecule has 1 heteroatoms. The molecule has 0 aliphatic rings. The molecule has 0 radical (unpaired) electrons. The summed E-state index contributed by atoms with van der Waals surface area (Å²) in [6, 6.07) is 5.56. The highest BCUT2D eigenvalue weighted by atomic mass is 16.3. The van der Waals surface area contributed by atoms with Gasteiger partial charge in [0.05, 0.1) is 0 Å². The van der Waals surface area contributed by atoms with E-state index in [1.165, 1.54) is 5.56 Å². The minimum absolute atomic E-state index is 0.376. The van der Waals surface area contributed by atoms with Crippen molar-refractivity contribution in [1.29, 1.82) is 0 Å². The minimum Gasteiger partial charge on any atom is -0.508 e. The lowest BCUT2D eigenvalue weighted by Crippen LogP contribution is -1.75. The summed E-state index contributed by atoms with van der Waals surface area (Å²) in [5.41, 5.74) is 2.13. The predicted molar refractivity (Wildman–Crippen MR) is 67.2 cm³/mol. The van der Waals surface area contributed by atoms with Gasteiger partial charge >= 0.3 is 0 Å². The van der Waals surface area contributed by atoms with Gasteiger partial charge in [0.1, 0.15) is 5.75 Å². The number of aromatic hydroxyl groups is 1. The second kappa shape index (κ2) is 7.86. The average molecular weight is 204 g/mol. The highest BCUT2D eigenvalue weighted by Gasteiger charge is 1.91. The number of benzene rings is 1. The van der Waals surface area contributed by atoms with Crippen LogP contribution >= 0.6 is 0 Å². The predicted octanol–water partition coefficient (Wildman–Crippen LogP) is 4.15. The number of phenols is 1. The van der Waals surface area contributed by atoms with E-state index in [9.17, 15) is 0 Å². The third kappa shape index (κ3) is 6.55. The van der Waals surface area contributed by atoms with Gasteiger partial charge in [0, 0.05) is 0 Å². The Morgan fingerprint density at radius 3 is 1.87 bits per heavy atom. The SMILES string of the molecule is C/C=C\C=C/C.Cc1ccc(O)c(C)c1. The summed E-state index contributed by atoms with van der Waals surface area (Å²) in [5, 5.41) is 9.04. The number of hydrogen-bond acceptors (Lipinski definition) is 1. The van der Waals surface area contributed by atoms with Crippen LogP contribution in [-0.2, 0) is 0 Å². The van der Waals surface area contributed by atoms with E-state index in [-0.39, 0.29) is 0 Å². The standard InChI is InChI=1S/C8H10O.C6H10/c1-6-3-4-8(9)7(2)5-6;1-3-5-6-4-2/h3-5,9H,1-2H3;3-6H,1-2H3/b;5-3-,6-4-. The monoisotopic (exact) mass is 204 g/mol. The van der Waals surface area contributed by atoms with Crippen LogP contribution in [0.5, 0.6) is 5.75 Å². The van der Waals surface area contributed by atoms with Gasteiger partial charge in [0.15, 0.2) is 0 Å². The van der Waals surface area contributed by atoms with E-state index < -0.39 is 0 Å². The first kappa shape index (κ1) is 13.5. The third-order valence-electron chi connectivity index (χ3n) is 1.85. The topological polar surface area (TPSA) is 20.2 Å². The Labute approximate surface area is 92.8 Å². The van der Waals surface area contributed by atoms with Crippen LogP contribution in [0.3, 0.4) is 0 Å². The Hall–Kier alpha value is -1.50. The maximum absolute atomic E-state index is 9.04. The van der Waals surface area contributed by atoms with Gasteiger partial charge in [-0.25, -0.2) is 0 Å². The summed E-state index contributed by atoms with van der Waals surface area (Å²) in [6.07, 6.45) is 8.00. The van der Waals surface area contributed by atoms with Gasteiger partial charge in [0.25, 0.3) is 0 Å². The zero-order valence-corrected chi connectivity index (χ0v) is 9.99. The van der Waals surface area contributed by atoms with Gasteiger partial charge in [-0.2, -0.15) is 0 Å². The van der Waals surface area contributed by atoms with Gasteiger partial charge in [-0.05, 0) is 39.3 Å². The van der Waals surface area contributed by atoms with Crippen molar-refractivity contribution in [1.82, 2.24) is 0 Å². The molecule has 0 fully saturated rings. The zero-order valence-electron chi connectivity index (χ0n) is 9.99. The van der Waals surface area contributed by atoms with Crippen molar-refractivity contribution in [3.63, 3.8) is 0 Å². The van der Waals surface area contributed by atoms with Crippen LogP contribution < -0.4 is 0 Å². The van der Waals surface area contributed by atoms with Crippen LogP contribution in [0.1, 0.15) is 25.0 Å². The summed E-state index contributed by atoms with van der Waals surface area (Å²) in [6.45, 7) is 7.90. The highest BCUT2D eigenvalue weighted by molar-refractivity contribution is 5.34. The summed E-state index contributed by atoms with van der Waals surface area (Å²) in [5.74, 6) is 0.376. The molecule has 0 saturated heterocycles. The molecule has 0 aromatic heterocycles. The lowest BCUT2D eigenvalue weighted by atomic mass is 10.1. The van der Waals surface area contributed by atoms with Crippen LogP contribution in [-0.4, -0.2) is 5.11 Å². The fourth-order valence-corrected chi connectivity index (χ4v) is 1.03. The number of rotatable bonds is 1. The quantitative estimate of drug-likeness (QED) is 0.681. The number of hydrogen-bond donors (Lipinski definition) is 1. The highest BCUT2D eigenvalue weighted by Crippen LogP contribution is 2.15. The Kier molecular flexibility index (Phi) is 7.08. The molecule has 1 aromatic rings. The van der Waals surface area contributed by atoms with Crippen molar-refractivity contribution < 1.29 is 5.11 Å². The first-order valence-electron chi connectivity index (χ1n) is 5.12. The van der Waals surface area contributed by atoms with Crippen molar-refractivity contribution in [2.45, 2.75) is 27.7 Å². The Morgan fingerprint density at radius 2 is 1.53 bits per heavy atom. The molecule has 0 amide bonds. The molecule has 0 spiro atoms. The van der Waals surface area contributed by atoms with Crippen molar-refractivity contribution in [2.24, 2.45) is 0 Å². The van der Waals surface area contributed by atoms with E-state index >= 15 is 0 Å². The molecular weight excluding hydrogens is 184 g/mol.